The molecule has 2 rings (SSSR count). The maximum Gasteiger partial charge on any atom is 0.335 e. The average Bonchev–Trinajstić information content (AvgIpc) is 2.66. The molecule has 0 spiro atoms. The Balaban J connectivity index is 2.03. The zero-order valence-corrected chi connectivity index (χ0v) is 12.6. The first-order valence-electron chi connectivity index (χ1n) is 7.39. The Kier molecular flexibility index (Phi) is 5.14. The summed E-state index contributed by atoms with van der Waals surface area (Å²) in [7, 11) is 0. The summed E-state index contributed by atoms with van der Waals surface area (Å²) in [5.41, 5.74) is 1.36. The summed E-state index contributed by atoms with van der Waals surface area (Å²) in [5.74, 6) is -1.34. The summed E-state index contributed by atoms with van der Waals surface area (Å²) < 4.78 is 0. The van der Waals surface area contributed by atoms with E-state index in [-0.39, 0.29) is 23.9 Å². The first kappa shape index (κ1) is 16.0. The number of aryl methyl sites for hydroxylation is 1. The van der Waals surface area contributed by atoms with E-state index < -0.39 is 5.97 Å². The fraction of sp³-hybridized carbons (Fsp3) is 0.438. The Labute approximate surface area is 129 Å². The third-order valence-electron chi connectivity index (χ3n) is 3.76. The Bertz CT molecular complexity index is 598. The van der Waals surface area contributed by atoms with Crippen molar-refractivity contribution in [2.24, 2.45) is 0 Å². The summed E-state index contributed by atoms with van der Waals surface area (Å²) >= 11 is 0. The molecule has 6 nitrogen and oxygen atoms in total. The van der Waals surface area contributed by atoms with Crippen LogP contribution in [0.3, 0.4) is 0 Å². The molecule has 1 saturated heterocycles. The third kappa shape index (κ3) is 4.07. The summed E-state index contributed by atoms with van der Waals surface area (Å²) in [6.07, 6.45) is 3.27. The minimum Gasteiger partial charge on any atom is -0.478 e. The highest BCUT2D eigenvalue weighted by atomic mass is 16.4. The van der Waals surface area contributed by atoms with Crippen molar-refractivity contribution in [3.05, 3.63) is 29.3 Å². The monoisotopic (exact) mass is 304 g/mol. The number of carboxylic acids is 1. The average molecular weight is 304 g/mol. The molecule has 6 heteroatoms. The minimum atomic E-state index is -1.04. The van der Waals surface area contributed by atoms with E-state index in [1.165, 1.54) is 12.1 Å². The highest BCUT2D eigenvalue weighted by Gasteiger charge is 2.19. The van der Waals surface area contributed by atoms with Crippen LogP contribution in [-0.4, -0.2) is 40.9 Å². The van der Waals surface area contributed by atoms with Gasteiger partial charge in [-0.25, -0.2) is 4.79 Å². The quantitative estimate of drug-likeness (QED) is 0.891. The number of hydrogen-bond acceptors (Lipinski definition) is 3. The van der Waals surface area contributed by atoms with Gasteiger partial charge in [0.25, 0.3) is 0 Å². The van der Waals surface area contributed by atoms with Gasteiger partial charge in [0.1, 0.15) is 0 Å². The lowest BCUT2D eigenvalue weighted by atomic mass is 10.1. The molecular weight excluding hydrogens is 284 g/mol. The van der Waals surface area contributed by atoms with E-state index in [4.69, 9.17) is 5.11 Å². The number of rotatable bonds is 4. The highest BCUT2D eigenvalue weighted by molar-refractivity contribution is 5.97. The molecule has 0 aliphatic carbocycles. The van der Waals surface area contributed by atoms with Crippen molar-refractivity contribution in [3.8, 4) is 0 Å². The number of benzene rings is 1. The number of anilines is 1. The van der Waals surface area contributed by atoms with Gasteiger partial charge in [0.15, 0.2) is 0 Å². The number of amides is 2. The molecule has 0 unspecified atom stereocenters. The van der Waals surface area contributed by atoms with Crippen LogP contribution in [0.4, 0.5) is 5.69 Å². The minimum absolute atomic E-state index is 0.00339. The number of carboxylic acid groups (broad SMARTS) is 1. The van der Waals surface area contributed by atoms with E-state index >= 15 is 0 Å². The molecule has 1 aliphatic heterocycles. The number of likely N-dealkylation sites (tertiary alicyclic amines) is 1. The van der Waals surface area contributed by atoms with Crippen molar-refractivity contribution < 1.29 is 19.5 Å². The van der Waals surface area contributed by atoms with E-state index in [2.05, 4.69) is 5.32 Å². The summed E-state index contributed by atoms with van der Waals surface area (Å²) in [6.45, 7) is 2.40. The first-order valence-corrected chi connectivity index (χ1v) is 7.39. The molecule has 0 radical (unpaired) electrons. The second-order valence-corrected chi connectivity index (χ2v) is 5.51. The Morgan fingerprint density at radius 3 is 2.77 bits per heavy atom. The van der Waals surface area contributed by atoms with Crippen molar-refractivity contribution in [2.45, 2.75) is 32.6 Å². The van der Waals surface area contributed by atoms with Gasteiger partial charge in [0.05, 0.1) is 12.1 Å². The Morgan fingerprint density at radius 1 is 1.27 bits per heavy atom. The van der Waals surface area contributed by atoms with Gasteiger partial charge < -0.3 is 15.3 Å². The largest absolute Gasteiger partial charge is 0.478 e. The van der Waals surface area contributed by atoms with Crippen LogP contribution in [0.2, 0.25) is 0 Å². The fourth-order valence-corrected chi connectivity index (χ4v) is 2.46. The number of aromatic carboxylic acids is 1. The van der Waals surface area contributed by atoms with Crippen molar-refractivity contribution in [2.75, 3.05) is 18.4 Å². The van der Waals surface area contributed by atoms with Gasteiger partial charge in [-0.3, -0.25) is 9.59 Å². The van der Waals surface area contributed by atoms with Gasteiger partial charge >= 0.3 is 5.97 Å². The molecule has 1 aromatic rings. The number of carbonyl (C=O) groups is 3. The first-order chi connectivity index (χ1) is 10.5. The van der Waals surface area contributed by atoms with E-state index in [0.717, 1.165) is 24.8 Å². The number of nitrogens with one attached hydrogen (secondary N) is 1. The standard InChI is InChI=1S/C16H20N2O4/c1-11-6-7-12(16(21)22)9-13(11)17-14(19)10-18-8-4-2-3-5-15(18)20/h6-7,9H,2-5,8,10H2,1H3,(H,17,19)(H,21,22). The lowest BCUT2D eigenvalue weighted by Gasteiger charge is -2.20. The SMILES string of the molecule is Cc1ccc(C(=O)O)cc1NC(=O)CN1CCCCCC1=O. The second kappa shape index (κ2) is 7.06. The zero-order valence-electron chi connectivity index (χ0n) is 12.6. The van der Waals surface area contributed by atoms with Gasteiger partial charge in [-0.05, 0) is 37.5 Å². The van der Waals surface area contributed by atoms with Crippen molar-refractivity contribution in [3.63, 3.8) is 0 Å². The summed E-state index contributed by atoms with van der Waals surface area (Å²) in [6, 6.07) is 4.57. The fourth-order valence-electron chi connectivity index (χ4n) is 2.46. The van der Waals surface area contributed by atoms with Crippen LogP contribution in [-0.2, 0) is 9.59 Å². The van der Waals surface area contributed by atoms with Gasteiger partial charge in [-0.15, -0.1) is 0 Å². The lowest BCUT2D eigenvalue weighted by Crippen LogP contribution is -2.37. The molecule has 1 heterocycles. The molecule has 1 aliphatic rings. The number of carbonyl (C=O) groups excluding carboxylic acids is 2. The predicted octanol–water partition coefficient (Wildman–Crippen LogP) is 2.03. The molecule has 0 saturated carbocycles. The van der Waals surface area contributed by atoms with Gasteiger partial charge in [0.2, 0.25) is 11.8 Å². The summed E-state index contributed by atoms with van der Waals surface area (Å²) in [4.78, 5) is 36.6. The topological polar surface area (TPSA) is 86.7 Å². The van der Waals surface area contributed by atoms with Gasteiger partial charge in [-0.1, -0.05) is 12.5 Å². The van der Waals surface area contributed by atoms with Crippen molar-refractivity contribution in [1.29, 1.82) is 0 Å². The Hall–Kier alpha value is -2.37. The highest BCUT2D eigenvalue weighted by Crippen LogP contribution is 2.17. The second-order valence-electron chi connectivity index (χ2n) is 5.51. The maximum absolute atomic E-state index is 12.1. The van der Waals surface area contributed by atoms with Crippen LogP contribution in [0, 0.1) is 6.92 Å². The predicted molar refractivity (Wildman–Crippen MR) is 81.8 cm³/mol. The third-order valence-corrected chi connectivity index (χ3v) is 3.76. The van der Waals surface area contributed by atoms with Crippen LogP contribution in [0.15, 0.2) is 18.2 Å². The molecule has 118 valence electrons. The Morgan fingerprint density at radius 2 is 2.05 bits per heavy atom. The van der Waals surface area contributed by atoms with E-state index in [1.54, 1.807) is 17.9 Å². The molecule has 2 amide bonds. The number of hydrogen-bond donors (Lipinski definition) is 2. The lowest BCUT2D eigenvalue weighted by molar-refractivity contribution is -0.134. The zero-order chi connectivity index (χ0) is 16.1. The van der Waals surface area contributed by atoms with Crippen molar-refractivity contribution >= 4 is 23.5 Å². The normalized spacial score (nSPS) is 15.3. The smallest absolute Gasteiger partial charge is 0.335 e. The van der Waals surface area contributed by atoms with Crippen molar-refractivity contribution in [1.82, 2.24) is 4.90 Å². The van der Waals surface area contributed by atoms with Crippen LogP contribution < -0.4 is 5.32 Å². The molecule has 2 N–H and O–H groups in total. The van der Waals surface area contributed by atoms with E-state index in [9.17, 15) is 14.4 Å². The van der Waals surface area contributed by atoms with E-state index in [1.807, 2.05) is 0 Å². The van der Waals surface area contributed by atoms with Crippen LogP contribution in [0.1, 0.15) is 41.6 Å². The van der Waals surface area contributed by atoms with Crippen LogP contribution >= 0.6 is 0 Å². The maximum atomic E-state index is 12.1. The molecule has 1 aromatic carbocycles. The molecule has 22 heavy (non-hydrogen) atoms. The summed E-state index contributed by atoms with van der Waals surface area (Å²) in [5, 5.41) is 11.7. The van der Waals surface area contributed by atoms with E-state index in [0.29, 0.717) is 18.7 Å². The number of nitrogens with zero attached hydrogens (tertiary/aromatic N) is 1. The molecular formula is C16H20N2O4. The van der Waals surface area contributed by atoms with Gasteiger partial charge in [0, 0.05) is 18.7 Å². The molecule has 1 fully saturated rings. The van der Waals surface area contributed by atoms with Crippen LogP contribution in [0.5, 0.6) is 0 Å². The molecule has 0 bridgehead atoms. The van der Waals surface area contributed by atoms with Crippen LogP contribution in [0.25, 0.3) is 0 Å². The molecule has 0 aromatic heterocycles. The van der Waals surface area contributed by atoms with Gasteiger partial charge in [-0.2, -0.15) is 0 Å². The molecule has 0 atom stereocenters.